The second-order valence-corrected chi connectivity index (χ2v) is 26.2. The zero-order chi connectivity index (χ0) is 40.4. The van der Waals surface area contributed by atoms with Crippen molar-refractivity contribution < 1.29 is 0 Å². The van der Waals surface area contributed by atoms with Gasteiger partial charge in [-0.2, -0.15) is 0 Å². The van der Waals surface area contributed by atoms with Crippen LogP contribution < -0.4 is 0 Å². The lowest BCUT2D eigenvalue weighted by molar-refractivity contribution is 2.12. The Hall–Kier alpha value is -9.10. The largest absolute Gasteiger partial charge is 0 e. The van der Waals surface area contributed by atoms with Gasteiger partial charge in [-0.25, -0.2) is 0 Å². The van der Waals surface area contributed by atoms with Crippen LogP contribution in [0.25, 0.3) is 377 Å². The second-order valence-electron chi connectivity index (χ2n) is 26.2. The van der Waals surface area contributed by atoms with Crippen molar-refractivity contribution >= 4 is 377 Å². The van der Waals surface area contributed by atoms with Crippen LogP contribution in [0.15, 0.2) is 0 Å². The summed E-state index contributed by atoms with van der Waals surface area (Å²) in [6, 6.07) is 0. The van der Waals surface area contributed by atoms with Crippen LogP contribution >= 0.6 is 0 Å². The first-order chi connectivity index (χ1) is 35.0. The zero-order valence-corrected chi connectivity index (χ0v) is 35.0. The van der Waals surface area contributed by atoms with E-state index in [0.717, 1.165) is 0 Å². The summed E-state index contributed by atoms with van der Waals surface area (Å²) in [6.07, 6.45) is 0. The van der Waals surface area contributed by atoms with Gasteiger partial charge in [-0.1, -0.05) is 0 Å². The highest BCUT2D eigenvalue weighted by Gasteiger charge is 2.52. The Morgan fingerprint density at radius 2 is 0.0429 bits per heavy atom. The third-order valence-corrected chi connectivity index (χ3v) is 26.2. The van der Waals surface area contributed by atoms with E-state index in [9.17, 15) is 0 Å². The van der Waals surface area contributed by atoms with E-state index >= 15 is 0 Å². The van der Waals surface area contributed by atoms with Crippen molar-refractivity contribution in [2.45, 2.75) is 0 Å². The third-order valence-electron chi connectivity index (χ3n) is 26.2. The molecule has 0 heteroatoms. The van der Waals surface area contributed by atoms with Crippen LogP contribution in [0.5, 0.6) is 0 Å². The fourth-order valence-electron chi connectivity index (χ4n) is 26.2. The molecule has 0 nitrogen and oxygen atoms in total. The van der Waals surface area contributed by atoms with Gasteiger partial charge in [0, 0.05) is 377 Å². The summed E-state index contributed by atoms with van der Waals surface area (Å²) in [6.45, 7) is 0. The summed E-state index contributed by atoms with van der Waals surface area (Å²) in [5.41, 5.74) is 0. The predicted octanol–water partition coefficient (Wildman–Crippen LogP) is 20.7. The molecule has 0 unspecified atom stereocenters. The molecule has 0 spiro atoms. The summed E-state index contributed by atoms with van der Waals surface area (Å²) in [5.74, 6) is 0. The maximum absolute atomic E-state index is 1.67. The highest BCUT2D eigenvalue weighted by atomic mass is 14.5. The van der Waals surface area contributed by atoms with Gasteiger partial charge in [0.1, 0.15) is 0 Å². The van der Waals surface area contributed by atoms with Gasteiger partial charge in [0.25, 0.3) is 0 Å². The molecule has 0 atom stereocenters. The molecular weight excluding hydrogens is 841 g/mol. The van der Waals surface area contributed by atoms with E-state index in [1.165, 1.54) is 0 Å². The van der Waals surface area contributed by atoms with Crippen LogP contribution in [0, 0.1) is 0 Å². The molecule has 280 valence electrons. The maximum atomic E-state index is 1.67. The Morgan fingerprint density at radius 3 is 0.0571 bits per heavy atom. The van der Waals surface area contributed by atoms with Gasteiger partial charge in [0.2, 0.25) is 0 Å². The van der Waals surface area contributed by atoms with Crippen molar-refractivity contribution in [3.8, 4) is 0 Å². The molecule has 37 aromatic carbocycles. The van der Waals surface area contributed by atoms with Gasteiger partial charge in [-0.15, -0.1) is 0 Å². The minimum Gasteiger partial charge on any atom is 0 e. The van der Waals surface area contributed by atoms with Crippen LogP contribution in [0.4, 0.5) is 0 Å². The molecule has 0 aliphatic carbocycles. The van der Waals surface area contributed by atoms with Gasteiger partial charge in [-0.05, 0) is 0 Å². The number of hydrogen-bond acceptors (Lipinski definition) is 0. The predicted molar refractivity (Wildman–Crippen MR) is 304 cm³/mol. The van der Waals surface area contributed by atoms with Gasteiger partial charge in [0.15, 0.2) is 0 Å². The van der Waals surface area contributed by atoms with E-state index in [2.05, 4.69) is 0 Å². The zero-order valence-electron chi connectivity index (χ0n) is 35.0. The molecule has 37 rings (SSSR count). The summed E-state index contributed by atoms with van der Waals surface area (Å²) in [7, 11) is 0. The van der Waals surface area contributed by atoms with E-state index in [1.54, 1.807) is 377 Å². The van der Waals surface area contributed by atoms with Crippen LogP contribution in [-0.2, 0) is 0 Å². The average Bonchev–Trinajstić information content (AvgIpc) is 4.40. The van der Waals surface area contributed by atoms with Crippen molar-refractivity contribution in [3.63, 3.8) is 0 Å². The molecule has 0 radical (unpaired) electrons. The van der Waals surface area contributed by atoms with Crippen LogP contribution in [-0.4, -0.2) is 0 Å². The SMILES string of the molecule is c12c3c4c5c1c1c6c7c2c2c8c3c3c9c4c4c%10c5c5c1c1c6c6c%11c%12c%13c%14c%15c%16c%17c%14c%14c%18c%13c%11c1c1c5c%10c5c(c%14c%10c%17c%11c%13c%16c%14c%16c%15c%12c%12c%16c(c2c7c%126)c2c8c3c(c%13c%142)c2c9c4c5c%10c%112)c%181. The fraction of sp³-hybridized carbons (Fsp3) is 0. The molecular formula is C70. The first-order valence-corrected chi connectivity index (χ1v) is 26.2. The van der Waals surface area contributed by atoms with E-state index in [1.807, 2.05) is 0 Å². The molecule has 0 saturated heterocycles. The number of benzene rings is 25. The molecule has 37 aromatic rings. The molecule has 0 aromatic heterocycles. The molecule has 0 heterocycles. The Morgan fingerprint density at radius 1 is 0.0286 bits per heavy atom. The van der Waals surface area contributed by atoms with Crippen molar-refractivity contribution in [1.29, 1.82) is 0 Å². The molecule has 0 saturated carbocycles. The maximum Gasteiger partial charge on any atom is 0 e. The quantitative estimate of drug-likeness (QED) is 0.105. The lowest BCUT2D eigenvalue weighted by Gasteiger charge is -2.23. The molecule has 0 fully saturated rings. The molecule has 0 aliphatic heterocycles. The smallest absolute Gasteiger partial charge is 0 e. The lowest BCUT2D eigenvalue weighted by Crippen LogP contribution is -1.93. The van der Waals surface area contributed by atoms with Gasteiger partial charge in [0.05, 0.1) is 0 Å². The van der Waals surface area contributed by atoms with Crippen molar-refractivity contribution in [2.24, 2.45) is 0 Å². The van der Waals surface area contributed by atoms with Crippen LogP contribution in [0.2, 0.25) is 0 Å². The minimum atomic E-state index is 1.67. The van der Waals surface area contributed by atoms with Gasteiger partial charge in [-0.3, -0.25) is 0 Å². The van der Waals surface area contributed by atoms with Gasteiger partial charge < -0.3 is 0 Å². The lowest BCUT2D eigenvalue weighted by atomic mass is 9.78. The first-order valence-electron chi connectivity index (χ1n) is 26.2. The first kappa shape index (κ1) is 23.8. The number of hydrogen-bond donors (Lipinski definition) is 0. The Balaban J connectivity index is 1.26. The topological polar surface area (TPSA) is 0 Å². The summed E-state index contributed by atoms with van der Waals surface area (Å²) in [4.78, 5) is 0. The highest BCUT2D eigenvalue weighted by molar-refractivity contribution is 6.86. The van der Waals surface area contributed by atoms with Crippen LogP contribution in [0.3, 0.4) is 0 Å². The Labute approximate surface area is 374 Å². The van der Waals surface area contributed by atoms with E-state index in [4.69, 9.17) is 0 Å². The summed E-state index contributed by atoms with van der Waals surface area (Å²) in [5, 5.41) is 117. The monoisotopic (exact) mass is 840 g/mol. The second kappa shape index (κ2) is 5.15. The minimum absolute atomic E-state index is 1.67. The summed E-state index contributed by atoms with van der Waals surface area (Å²) < 4.78 is 0. The number of rotatable bonds is 0. The molecule has 0 bridgehead atoms. The molecule has 0 amide bonds. The highest BCUT2D eigenvalue weighted by Crippen LogP contribution is 2.81. The Kier molecular flexibility index (Phi) is 1.75. The van der Waals surface area contributed by atoms with E-state index in [-0.39, 0.29) is 0 Å². The summed E-state index contributed by atoms with van der Waals surface area (Å²) >= 11 is 0. The molecule has 70 heavy (non-hydrogen) atoms. The van der Waals surface area contributed by atoms with Crippen molar-refractivity contribution in [2.75, 3.05) is 0 Å². The molecule has 0 N–H and O–H groups in total. The standard InChI is InChI=1S/C70/c1-2-22-5-6-24-13-14-26-11-9-23-4-3(21(1)51-52(22)54(24)55(26)53(23)51)33-31(1)61-35-7-8-27-15-16-29-19-20-30-18-17-28-12-10(25(7)56-57(27)59(29)60(30)58(28)56)37(35)63(33)65-36(4)40(9)67(44(17)42(12)65)69-46(11)47(14)70(50(20)49(18)69)68-43(13)39(6)66(45(16)48(19)68)64-34(5)32(2)62(61)38(8)41(15)64. The van der Waals surface area contributed by atoms with Crippen LogP contribution in [0.1, 0.15) is 0 Å². The molecule has 0 aliphatic rings. The Bertz CT molecular complexity index is 6590. The van der Waals surface area contributed by atoms with E-state index < -0.39 is 0 Å². The normalized spacial score (nSPS) is 18.0. The van der Waals surface area contributed by atoms with E-state index in [0.29, 0.717) is 0 Å². The van der Waals surface area contributed by atoms with Gasteiger partial charge >= 0.3 is 0 Å². The van der Waals surface area contributed by atoms with Crippen molar-refractivity contribution in [3.05, 3.63) is 0 Å². The van der Waals surface area contributed by atoms with Crippen molar-refractivity contribution in [1.82, 2.24) is 0 Å². The third kappa shape index (κ3) is 1.17. The fourth-order valence-corrected chi connectivity index (χ4v) is 26.2. The average molecular weight is 841 g/mol.